The van der Waals surface area contributed by atoms with Crippen molar-refractivity contribution in [2.75, 3.05) is 0 Å². The molecule has 2 aliphatic rings. The molecule has 5 nitrogen and oxygen atoms in total. The standard InChI is InChI=1S/C13H15N3O2/c17-12-11(8-9-4-3-7-14-9)13(16-15-12)18-10-5-1-2-6-10/h3-4,7-8,10,14H,1-2,5-6H2,(H,15,17)/b11-8-. The first-order chi connectivity index (χ1) is 8.83. The van der Waals surface area contributed by atoms with E-state index in [-0.39, 0.29) is 12.0 Å². The predicted octanol–water partition coefficient (Wildman–Crippen LogP) is 1.80. The van der Waals surface area contributed by atoms with E-state index in [9.17, 15) is 4.79 Å². The molecule has 0 radical (unpaired) electrons. The molecule has 0 atom stereocenters. The summed E-state index contributed by atoms with van der Waals surface area (Å²) in [7, 11) is 0. The number of H-pyrrole nitrogens is 1. The summed E-state index contributed by atoms with van der Waals surface area (Å²) in [4.78, 5) is 14.7. The third-order valence-electron chi connectivity index (χ3n) is 3.24. The largest absolute Gasteiger partial charge is 0.473 e. The fourth-order valence-electron chi connectivity index (χ4n) is 2.29. The molecule has 1 aromatic heterocycles. The number of rotatable bonds is 2. The average Bonchev–Trinajstić information content (AvgIpc) is 3.08. The Labute approximate surface area is 105 Å². The summed E-state index contributed by atoms with van der Waals surface area (Å²) in [5.41, 5.74) is 3.80. The summed E-state index contributed by atoms with van der Waals surface area (Å²) >= 11 is 0. The number of carbonyl (C=O) groups is 1. The van der Waals surface area contributed by atoms with Crippen LogP contribution in [0, 0.1) is 0 Å². The molecule has 2 heterocycles. The molecule has 0 saturated heterocycles. The van der Waals surface area contributed by atoms with Gasteiger partial charge in [0.25, 0.3) is 5.91 Å². The smallest absolute Gasteiger partial charge is 0.277 e. The van der Waals surface area contributed by atoms with Crippen molar-refractivity contribution < 1.29 is 9.53 Å². The SMILES string of the molecule is O=C1NN=C(OC2CCCC2)/C1=C\c1ccc[nH]1. The lowest BCUT2D eigenvalue weighted by Gasteiger charge is -2.11. The summed E-state index contributed by atoms with van der Waals surface area (Å²) in [6, 6.07) is 3.78. The summed E-state index contributed by atoms with van der Waals surface area (Å²) < 4.78 is 5.79. The molecule has 0 bridgehead atoms. The van der Waals surface area contributed by atoms with Gasteiger partial charge in [0.15, 0.2) is 0 Å². The minimum atomic E-state index is -0.211. The van der Waals surface area contributed by atoms with Crippen LogP contribution in [-0.2, 0) is 9.53 Å². The van der Waals surface area contributed by atoms with Crippen LogP contribution in [0.15, 0.2) is 29.0 Å². The number of hydrogen-bond donors (Lipinski definition) is 2. The van der Waals surface area contributed by atoms with Gasteiger partial charge in [-0.2, -0.15) is 0 Å². The van der Waals surface area contributed by atoms with Crippen molar-refractivity contribution in [1.82, 2.24) is 10.4 Å². The fourth-order valence-corrected chi connectivity index (χ4v) is 2.29. The zero-order valence-electron chi connectivity index (χ0n) is 9.98. The van der Waals surface area contributed by atoms with E-state index >= 15 is 0 Å². The summed E-state index contributed by atoms with van der Waals surface area (Å²) in [5.74, 6) is 0.207. The molecule has 1 aromatic rings. The molecule has 5 heteroatoms. The second kappa shape index (κ2) is 4.68. The monoisotopic (exact) mass is 245 g/mol. The number of ether oxygens (including phenoxy) is 1. The van der Waals surface area contributed by atoms with Crippen LogP contribution in [0.4, 0.5) is 0 Å². The van der Waals surface area contributed by atoms with Gasteiger partial charge in [0, 0.05) is 11.9 Å². The Morgan fingerprint density at radius 2 is 2.22 bits per heavy atom. The van der Waals surface area contributed by atoms with Gasteiger partial charge >= 0.3 is 0 Å². The van der Waals surface area contributed by atoms with Crippen molar-refractivity contribution in [3.8, 4) is 0 Å². The minimum absolute atomic E-state index is 0.198. The maximum Gasteiger partial charge on any atom is 0.277 e. The molecule has 3 rings (SSSR count). The Morgan fingerprint density at radius 3 is 2.94 bits per heavy atom. The van der Waals surface area contributed by atoms with Crippen molar-refractivity contribution in [3.63, 3.8) is 0 Å². The lowest BCUT2D eigenvalue weighted by atomic mass is 10.2. The molecule has 1 aliphatic carbocycles. The van der Waals surface area contributed by atoms with Gasteiger partial charge in [0.05, 0.1) is 0 Å². The molecule has 2 N–H and O–H groups in total. The molecule has 1 aliphatic heterocycles. The molecule has 18 heavy (non-hydrogen) atoms. The van der Waals surface area contributed by atoms with E-state index in [1.807, 2.05) is 18.3 Å². The van der Waals surface area contributed by atoms with Crippen LogP contribution in [0.5, 0.6) is 0 Å². The maximum atomic E-state index is 11.7. The van der Waals surface area contributed by atoms with E-state index in [2.05, 4.69) is 15.5 Å². The Kier molecular flexibility index (Phi) is 2.88. The highest BCUT2D eigenvalue weighted by Gasteiger charge is 2.28. The van der Waals surface area contributed by atoms with Crippen LogP contribution in [0.3, 0.4) is 0 Å². The van der Waals surface area contributed by atoms with Crippen LogP contribution in [0.1, 0.15) is 31.4 Å². The molecule has 0 spiro atoms. The van der Waals surface area contributed by atoms with Gasteiger partial charge in [0.2, 0.25) is 5.90 Å². The Hall–Kier alpha value is -2.04. The predicted molar refractivity (Wildman–Crippen MR) is 67.7 cm³/mol. The summed E-state index contributed by atoms with van der Waals surface area (Å²) in [6.45, 7) is 0. The highest BCUT2D eigenvalue weighted by Crippen LogP contribution is 2.23. The van der Waals surface area contributed by atoms with Crippen molar-refractivity contribution in [1.29, 1.82) is 0 Å². The number of aromatic amines is 1. The van der Waals surface area contributed by atoms with Crippen LogP contribution >= 0.6 is 0 Å². The molecule has 0 aromatic carbocycles. The quantitative estimate of drug-likeness (QED) is 0.780. The summed E-state index contributed by atoms with van der Waals surface area (Å²) in [6.07, 6.45) is 8.24. The summed E-state index contributed by atoms with van der Waals surface area (Å²) in [5, 5.41) is 3.95. The lowest BCUT2D eigenvalue weighted by molar-refractivity contribution is -0.116. The zero-order chi connectivity index (χ0) is 12.4. The Morgan fingerprint density at radius 1 is 1.39 bits per heavy atom. The van der Waals surface area contributed by atoms with Crippen molar-refractivity contribution >= 4 is 17.9 Å². The fraction of sp³-hybridized carbons (Fsp3) is 0.385. The van der Waals surface area contributed by atoms with Crippen molar-refractivity contribution in [2.45, 2.75) is 31.8 Å². The zero-order valence-corrected chi connectivity index (χ0v) is 9.98. The van der Waals surface area contributed by atoms with Gasteiger partial charge in [-0.3, -0.25) is 4.79 Å². The van der Waals surface area contributed by atoms with Gasteiger partial charge in [-0.15, -0.1) is 5.10 Å². The normalized spacial score (nSPS) is 22.3. The van der Waals surface area contributed by atoms with E-state index in [4.69, 9.17) is 4.74 Å². The van der Waals surface area contributed by atoms with E-state index in [1.165, 1.54) is 12.8 Å². The van der Waals surface area contributed by atoms with Gasteiger partial charge in [0.1, 0.15) is 11.7 Å². The average molecular weight is 245 g/mol. The first-order valence-electron chi connectivity index (χ1n) is 6.23. The number of amides is 1. The minimum Gasteiger partial charge on any atom is -0.473 e. The molecular formula is C13H15N3O2. The topological polar surface area (TPSA) is 66.5 Å². The van der Waals surface area contributed by atoms with Gasteiger partial charge in [-0.05, 0) is 43.9 Å². The van der Waals surface area contributed by atoms with Crippen LogP contribution < -0.4 is 5.43 Å². The number of aromatic nitrogens is 1. The number of carbonyl (C=O) groups excluding carboxylic acids is 1. The number of nitrogens with zero attached hydrogens (tertiary/aromatic N) is 1. The maximum absolute atomic E-state index is 11.7. The first kappa shape index (κ1) is 11.1. The molecule has 1 amide bonds. The van der Waals surface area contributed by atoms with E-state index in [0.717, 1.165) is 18.5 Å². The molecule has 1 saturated carbocycles. The highest BCUT2D eigenvalue weighted by molar-refractivity contribution is 6.24. The highest BCUT2D eigenvalue weighted by atomic mass is 16.5. The molecule has 94 valence electrons. The first-order valence-corrected chi connectivity index (χ1v) is 6.23. The number of hydrogen-bond acceptors (Lipinski definition) is 3. The second-order valence-electron chi connectivity index (χ2n) is 4.57. The van der Waals surface area contributed by atoms with E-state index < -0.39 is 0 Å². The van der Waals surface area contributed by atoms with Crippen molar-refractivity contribution in [2.24, 2.45) is 5.10 Å². The van der Waals surface area contributed by atoms with Crippen LogP contribution in [0.2, 0.25) is 0 Å². The van der Waals surface area contributed by atoms with Crippen LogP contribution in [0.25, 0.3) is 6.08 Å². The Balaban J connectivity index is 1.78. The third kappa shape index (κ3) is 2.16. The Bertz CT molecular complexity index is 496. The lowest BCUT2D eigenvalue weighted by Crippen LogP contribution is -2.17. The van der Waals surface area contributed by atoms with Gasteiger partial charge in [-0.25, -0.2) is 5.43 Å². The molecule has 0 unspecified atom stereocenters. The van der Waals surface area contributed by atoms with E-state index in [0.29, 0.717) is 11.5 Å². The van der Waals surface area contributed by atoms with Gasteiger partial charge < -0.3 is 9.72 Å². The number of hydrazone groups is 1. The second-order valence-corrected chi connectivity index (χ2v) is 4.57. The third-order valence-corrected chi connectivity index (χ3v) is 3.24. The van der Waals surface area contributed by atoms with Crippen molar-refractivity contribution in [3.05, 3.63) is 29.6 Å². The molecular weight excluding hydrogens is 230 g/mol. The van der Waals surface area contributed by atoms with E-state index in [1.54, 1.807) is 6.08 Å². The number of nitrogens with one attached hydrogen (secondary N) is 2. The van der Waals surface area contributed by atoms with Gasteiger partial charge in [-0.1, -0.05) is 0 Å². The molecule has 1 fully saturated rings. The van der Waals surface area contributed by atoms with Crippen LogP contribution in [-0.4, -0.2) is 22.9 Å².